The van der Waals surface area contributed by atoms with Crippen LogP contribution in [0.3, 0.4) is 0 Å². The number of nitrogens with two attached hydrogens (primary N) is 1. The molecule has 1 rings (SSSR count). The molecule has 1 aromatic carbocycles. The van der Waals surface area contributed by atoms with Gasteiger partial charge in [-0.2, -0.15) is 0 Å². The van der Waals surface area contributed by atoms with Gasteiger partial charge in [0.05, 0.1) is 6.54 Å². The SMILES string of the molecule is C=NCc1ccccc1CN. The Balaban J connectivity index is 2.92. The van der Waals surface area contributed by atoms with Crippen molar-refractivity contribution in [3.05, 3.63) is 35.4 Å². The minimum absolute atomic E-state index is 0.575. The Kier molecular flexibility index (Phi) is 2.81. The van der Waals surface area contributed by atoms with Gasteiger partial charge in [0, 0.05) is 6.54 Å². The van der Waals surface area contributed by atoms with E-state index in [1.54, 1.807) is 0 Å². The van der Waals surface area contributed by atoms with E-state index in [0.717, 1.165) is 5.56 Å². The second kappa shape index (κ2) is 3.88. The molecule has 11 heavy (non-hydrogen) atoms. The van der Waals surface area contributed by atoms with Crippen LogP contribution >= 0.6 is 0 Å². The van der Waals surface area contributed by atoms with Crippen LogP contribution < -0.4 is 5.73 Å². The lowest BCUT2D eigenvalue weighted by Gasteiger charge is -2.02. The van der Waals surface area contributed by atoms with Crippen molar-refractivity contribution < 1.29 is 0 Å². The Morgan fingerprint density at radius 3 is 2.45 bits per heavy atom. The van der Waals surface area contributed by atoms with Crippen molar-refractivity contribution in [2.75, 3.05) is 0 Å². The van der Waals surface area contributed by atoms with E-state index < -0.39 is 0 Å². The van der Waals surface area contributed by atoms with Gasteiger partial charge in [-0.3, -0.25) is 4.99 Å². The Labute approximate surface area is 66.8 Å². The number of benzene rings is 1. The maximum Gasteiger partial charge on any atom is 0.0635 e. The fourth-order valence-corrected chi connectivity index (χ4v) is 1.03. The standard InChI is InChI=1S/C9H12N2/c1-11-7-9-5-3-2-4-8(9)6-10/h2-5H,1,6-7,10H2. The van der Waals surface area contributed by atoms with Gasteiger partial charge in [-0.1, -0.05) is 24.3 Å². The minimum Gasteiger partial charge on any atom is -0.326 e. The zero-order valence-corrected chi connectivity index (χ0v) is 6.46. The van der Waals surface area contributed by atoms with Gasteiger partial charge in [-0.25, -0.2) is 0 Å². The molecular formula is C9H12N2. The van der Waals surface area contributed by atoms with Crippen LogP contribution in [-0.4, -0.2) is 6.72 Å². The van der Waals surface area contributed by atoms with Crippen molar-refractivity contribution in [2.45, 2.75) is 13.1 Å². The average molecular weight is 148 g/mol. The van der Waals surface area contributed by atoms with Crippen LogP contribution in [0.25, 0.3) is 0 Å². The van der Waals surface area contributed by atoms with Gasteiger partial charge in [0.25, 0.3) is 0 Å². The van der Waals surface area contributed by atoms with Crippen molar-refractivity contribution in [3.8, 4) is 0 Å². The zero-order chi connectivity index (χ0) is 8.10. The predicted molar refractivity (Wildman–Crippen MR) is 47.6 cm³/mol. The highest BCUT2D eigenvalue weighted by Crippen LogP contribution is 2.08. The van der Waals surface area contributed by atoms with Crippen molar-refractivity contribution in [1.82, 2.24) is 0 Å². The molecule has 0 aromatic heterocycles. The van der Waals surface area contributed by atoms with Gasteiger partial charge >= 0.3 is 0 Å². The third-order valence-corrected chi connectivity index (χ3v) is 1.62. The van der Waals surface area contributed by atoms with Crippen LogP contribution in [0, 0.1) is 0 Å². The summed E-state index contributed by atoms with van der Waals surface area (Å²) in [6, 6.07) is 8.01. The molecule has 0 spiro atoms. The highest BCUT2D eigenvalue weighted by atomic mass is 14.7. The van der Waals surface area contributed by atoms with Gasteiger partial charge in [-0.15, -0.1) is 0 Å². The van der Waals surface area contributed by atoms with Crippen LogP contribution in [0.5, 0.6) is 0 Å². The zero-order valence-electron chi connectivity index (χ0n) is 6.46. The molecule has 0 fully saturated rings. The van der Waals surface area contributed by atoms with Crippen LogP contribution in [0.15, 0.2) is 29.3 Å². The lowest BCUT2D eigenvalue weighted by atomic mass is 10.1. The number of hydrogen-bond donors (Lipinski definition) is 1. The fraction of sp³-hybridized carbons (Fsp3) is 0.222. The van der Waals surface area contributed by atoms with E-state index in [4.69, 9.17) is 5.73 Å². The smallest absolute Gasteiger partial charge is 0.0635 e. The Hall–Kier alpha value is -1.15. The number of aliphatic imine (C=N–C) groups is 1. The third-order valence-electron chi connectivity index (χ3n) is 1.62. The van der Waals surface area contributed by atoms with Crippen LogP contribution in [0.2, 0.25) is 0 Å². The number of rotatable bonds is 3. The first kappa shape index (κ1) is 7.95. The molecule has 1 aromatic rings. The summed E-state index contributed by atoms with van der Waals surface area (Å²) in [4.78, 5) is 3.81. The van der Waals surface area contributed by atoms with Crippen LogP contribution in [-0.2, 0) is 13.1 Å². The summed E-state index contributed by atoms with van der Waals surface area (Å²) in [5, 5.41) is 0. The Bertz CT molecular complexity index is 243. The van der Waals surface area contributed by atoms with Gasteiger partial charge in [0.1, 0.15) is 0 Å². The molecule has 0 aliphatic heterocycles. The van der Waals surface area contributed by atoms with Crippen LogP contribution in [0.4, 0.5) is 0 Å². The van der Waals surface area contributed by atoms with Crippen LogP contribution in [0.1, 0.15) is 11.1 Å². The summed E-state index contributed by atoms with van der Waals surface area (Å²) in [6.07, 6.45) is 0. The molecule has 2 heteroatoms. The summed E-state index contributed by atoms with van der Waals surface area (Å²) in [5.41, 5.74) is 7.84. The molecule has 0 radical (unpaired) electrons. The molecule has 0 unspecified atom stereocenters. The van der Waals surface area contributed by atoms with E-state index in [9.17, 15) is 0 Å². The molecule has 0 aliphatic carbocycles. The molecule has 0 bridgehead atoms. The summed E-state index contributed by atoms with van der Waals surface area (Å²) in [6.45, 7) is 4.68. The molecule has 0 aliphatic rings. The predicted octanol–water partition coefficient (Wildman–Crippen LogP) is 1.35. The van der Waals surface area contributed by atoms with Gasteiger partial charge in [0.2, 0.25) is 0 Å². The first-order valence-electron chi connectivity index (χ1n) is 3.58. The summed E-state index contributed by atoms with van der Waals surface area (Å²) >= 11 is 0. The minimum atomic E-state index is 0.575. The topological polar surface area (TPSA) is 38.4 Å². The molecule has 0 saturated heterocycles. The fourth-order valence-electron chi connectivity index (χ4n) is 1.03. The summed E-state index contributed by atoms with van der Waals surface area (Å²) < 4.78 is 0. The van der Waals surface area contributed by atoms with Gasteiger partial charge in [-0.05, 0) is 17.8 Å². The van der Waals surface area contributed by atoms with Crippen molar-refractivity contribution in [2.24, 2.45) is 10.7 Å². The lowest BCUT2D eigenvalue weighted by Crippen LogP contribution is -2.00. The first-order valence-corrected chi connectivity index (χ1v) is 3.58. The van der Waals surface area contributed by atoms with Crippen molar-refractivity contribution in [1.29, 1.82) is 0 Å². The monoisotopic (exact) mass is 148 g/mol. The van der Waals surface area contributed by atoms with Crippen molar-refractivity contribution >= 4 is 6.72 Å². The second-order valence-corrected chi connectivity index (χ2v) is 2.35. The number of nitrogens with zero attached hydrogens (tertiary/aromatic N) is 1. The molecule has 0 amide bonds. The van der Waals surface area contributed by atoms with E-state index in [1.807, 2.05) is 24.3 Å². The highest BCUT2D eigenvalue weighted by molar-refractivity contribution is 5.30. The maximum atomic E-state index is 5.52. The van der Waals surface area contributed by atoms with Gasteiger partial charge < -0.3 is 5.73 Å². The van der Waals surface area contributed by atoms with E-state index in [0.29, 0.717) is 13.1 Å². The highest BCUT2D eigenvalue weighted by Gasteiger charge is 1.95. The maximum absolute atomic E-state index is 5.52. The van der Waals surface area contributed by atoms with E-state index in [-0.39, 0.29) is 0 Å². The normalized spacial score (nSPS) is 9.55. The lowest BCUT2D eigenvalue weighted by molar-refractivity contribution is 0.985. The average Bonchev–Trinajstić information content (AvgIpc) is 2.06. The molecule has 0 saturated carbocycles. The third kappa shape index (κ3) is 1.88. The molecular weight excluding hydrogens is 136 g/mol. The summed E-state index contributed by atoms with van der Waals surface area (Å²) in [5.74, 6) is 0. The Morgan fingerprint density at radius 2 is 1.91 bits per heavy atom. The largest absolute Gasteiger partial charge is 0.326 e. The molecule has 2 N–H and O–H groups in total. The molecule has 0 heterocycles. The first-order chi connectivity index (χ1) is 5.38. The summed E-state index contributed by atoms with van der Waals surface area (Å²) in [7, 11) is 0. The molecule has 2 nitrogen and oxygen atoms in total. The van der Waals surface area contributed by atoms with E-state index in [1.165, 1.54) is 5.56 Å². The Morgan fingerprint density at radius 1 is 1.27 bits per heavy atom. The van der Waals surface area contributed by atoms with E-state index >= 15 is 0 Å². The molecule has 58 valence electrons. The quantitative estimate of drug-likeness (QED) is 0.645. The van der Waals surface area contributed by atoms with Crippen molar-refractivity contribution in [3.63, 3.8) is 0 Å². The van der Waals surface area contributed by atoms with Gasteiger partial charge in [0.15, 0.2) is 0 Å². The molecule has 0 atom stereocenters. The van der Waals surface area contributed by atoms with E-state index in [2.05, 4.69) is 11.7 Å². The number of hydrogen-bond acceptors (Lipinski definition) is 2. The second-order valence-electron chi connectivity index (χ2n) is 2.35.